The van der Waals surface area contributed by atoms with E-state index in [1.54, 1.807) is 42.4 Å². The first kappa shape index (κ1) is 50.5. The molecule has 5 atom stereocenters. The molecule has 3 aliphatic heterocycles. The summed E-state index contributed by atoms with van der Waals surface area (Å²) in [5, 5.41) is 20.1. The monoisotopic (exact) mass is 961 g/mol. The third kappa shape index (κ3) is 10.5. The number of nitrogens with one attached hydrogen (secondary N) is 3. The van der Waals surface area contributed by atoms with E-state index in [4.69, 9.17) is 14.5 Å². The number of carbonyl (C=O) groups is 5. The largest absolute Gasteiger partial charge is 0.508 e. The van der Waals surface area contributed by atoms with Crippen molar-refractivity contribution in [3.8, 4) is 28.1 Å². The highest BCUT2D eigenvalue weighted by molar-refractivity contribution is 5.96. The van der Waals surface area contributed by atoms with Crippen molar-refractivity contribution in [1.29, 1.82) is 0 Å². The van der Waals surface area contributed by atoms with Crippen molar-refractivity contribution in [3.05, 3.63) is 71.5 Å². The average molecular weight is 961 g/mol. The van der Waals surface area contributed by atoms with Crippen molar-refractivity contribution in [2.24, 2.45) is 22.7 Å². The minimum atomic E-state index is -1.02. The maximum absolute atomic E-state index is 14.6. The summed E-state index contributed by atoms with van der Waals surface area (Å²) in [6.07, 6.45) is 5.20. The number of likely N-dealkylation sites (N-methyl/N-ethyl adjacent to an activating group) is 1. The van der Waals surface area contributed by atoms with Crippen LogP contribution in [-0.4, -0.2) is 131 Å². The standard InChI is InChI=1S/C54H72N8O8/c1-10-61-45-16-15-36(23-41(45)42(26-53(6,7)30-70-31-63)48(61)40-14-11-17-55-46(40)34(5)69-9)37-19-35(20-39(64)22-37)21-43(52(68)62-18-12-13-33(4)58-62)57-49(65)47(32(2)3)59(8)50(66)38-24-54(25-38)28-60(29-54)51(67)44-27-56-44/h11,14-17,19-20,22-23,31-34,38,43-44,47,56,58,64H,10,12-13,18,21,24-30H2,1-9H3,(H,57,65)/t33-,34+,43+,44-,47?/m1/s1. The van der Waals surface area contributed by atoms with Gasteiger partial charge in [-0.25, -0.2) is 5.43 Å². The molecule has 16 heteroatoms. The first-order valence-corrected chi connectivity index (χ1v) is 25.0. The van der Waals surface area contributed by atoms with Gasteiger partial charge in [-0.05, 0) is 117 Å². The van der Waals surface area contributed by atoms with Crippen LogP contribution in [0.15, 0.2) is 54.7 Å². The van der Waals surface area contributed by atoms with Gasteiger partial charge in [0.25, 0.3) is 12.4 Å². The molecule has 16 nitrogen and oxygen atoms in total. The van der Waals surface area contributed by atoms with Gasteiger partial charge in [0.2, 0.25) is 17.7 Å². The SMILES string of the molecule is CCn1c(-c2cccnc2[C@H](C)OC)c(CC(C)(C)COC=O)c2cc(-c3cc(O)cc(C[C@H](NC(=O)C(C(C)C)N(C)C(=O)C4CC5(C4)CN(C(=O)[C@H]4CN4)C5)C(=O)N4CCC[C@@H](C)N4)c3)ccc21. The molecule has 4 fully saturated rings. The second kappa shape index (κ2) is 20.5. The summed E-state index contributed by atoms with van der Waals surface area (Å²) in [6, 6.07) is 13.7. The van der Waals surface area contributed by atoms with Gasteiger partial charge in [-0.3, -0.25) is 34.0 Å². The number of aromatic nitrogens is 2. The van der Waals surface area contributed by atoms with Crippen molar-refractivity contribution in [2.75, 3.05) is 46.9 Å². The molecular formula is C54H72N8O8. The van der Waals surface area contributed by atoms with Crippen LogP contribution in [0.5, 0.6) is 5.75 Å². The molecule has 3 saturated heterocycles. The zero-order valence-corrected chi connectivity index (χ0v) is 42.3. The Kier molecular flexibility index (Phi) is 14.8. The van der Waals surface area contributed by atoms with E-state index < -0.39 is 23.4 Å². The highest BCUT2D eigenvalue weighted by atomic mass is 16.5. The fraction of sp³-hybridized carbons (Fsp3) is 0.556. The highest BCUT2D eigenvalue weighted by Gasteiger charge is 2.57. The molecule has 4 aromatic rings. The first-order valence-electron chi connectivity index (χ1n) is 25.0. The van der Waals surface area contributed by atoms with Crippen molar-refractivity contribution >= 4 is 41.0 Å². The van der Waals surface area contributed by atoms with E-state index in [9.17, 15) is 29.1 Å². The van der Waals surface area contributed by atoms with Gasteiger partial charge in [-0.2, -0.15) is 0 Å². The van der Waals surface area contributed by atoms with E-state index in [1.807, 2.05) is 50.8 Å². The molecule has 5 heterocycles. The van der Waals surface area contributed by atoms with Gasteiger partial charge in [0.15, 0.2) is 0 Å². The number of phenolic OH excluding ortho intramolecular Hbond substituents is 1. The number of carbonyl (C=O) groups excluding carboxylic acids is 5. The van der Waals surface area contributed by atoms with Gasteiger partial charge < -0.3 is 39.6 Å². The lowest BCUT2D eigenvalue weighted by Crippen LogP contribution is -2.66. The van der Waals surface area contributed by atoms with Crippen LogP contribution in [0.1, 0.15) is 97.1 Å². The minimum Gasteiger partial charge on any atom is -0.508 e. The van der Waals surface area contributed by atoms with Crippen LogP contribution in [0.2, 0.25) is 0 Å². The quantitative estimate of drug-likeness (QED) is 0.0657. The lowest BCUT2D eigenvalue weighted by molar-refractivity contribution is -0.166. The molecule has 2 aromatic heterocycles. The van der Waals surface area contributed by atoms with E-state index in [-0.39, 0.29) is 71.9 Å². The molecule has 4 N–H and O–H groups in total. The predicted molar refractivity (Wildman–Crippen MR) is 267 cm³/mol. The summed E-state index contributed by atoms with van der Waals surface area (Å²) < 4.78 is 13.4. The number of fused-ring (bicyclic) bond motifs is 1. The number of hydrogen-bond donors (Lipinski definition) is 4. The molecule has 70 heavy (non-hydrogen) atoms. The van der Waals surface area contributed by atoms with E-state index >= 15 is 0 Å². The molecule has 2 aromatic carbocycles. The summed E-state index contributed by atoms with van der Waals surface area (Å²) in [5.41, 5.74) is 9.84. The molecule has 1 spiro atoms. The number of likely N-dealkylation sites (tertiary alicyclic amines) is 1. The Morgan fingerprint density at radius 1 is 1.07 bits per heavy atom. The van der Waals surface area contributed by atoms with Crippen LogP contribution in [0.3, 0.4) is 0 Å². The van der Waals surface area contributed by atoms with Gasteiger partial charge in [-0.15, -0.1) is 0 Å². The Labute approximate surface area is 411 Å². The van der Waals surface area contributed by atoms with Gasteiger partial charge in [0.05, 0.1) is 30.1 Å². The number of amides is 4. The fourth-order valence-corrected chi connectivity index (χ4v) is 11.4. The number of rotatable bonds is 19. The van der Waals surface area contributed by atoms with Crippen LogP contribution in [0.4, 0.5) is 0 Å². The van der Waals surface area contributed by atoms with Crippen LogP contribution in [-0.2, 0) is 52.8 Å². The number of ether oxygens (including phenoxy) is 2. The van der Waals surface area contributed by atoms with Crippen molar-refractivity contribution in [3.63, 3.8) is 0 Å². The average Bonchev–Trinajstić information content (AvgIpc) is 4.12. The third-order valence-corrected chi connectivity index (χ3v) is 15.0. The third-order valence-electron chi connectivity index (χ3n) is 15.0. The fourth-order valence-electron chi connectivity index (χ4n) is 11.4. The van der Waals surface area contributed by atoms with Crippen molar-refractivity contribution < 1.29 is 38.6 Å². The molecule has 376 valence electrons. The molecule has 8 rings (SSSR count). The molecule has 0 bridgehead atoms. The van der Waals surface area contributed by atoms with Gasteiger partial charge in [0, 0.05) is 98.8 Å². The molecule has 1 unspecified atom stereocenters. The Morgan fingerprint density at radius 2 is 1.81 bits per heavy atom. The van der Waals surface area contributed by atoms with E-state index in [0.717, 1.165) is 63.9 Å². The van der Waals surface area contributed by atoms with Gasteiger partial charge >= 0.3 is 0 Å². The van der Waals surface area contributed by atoms with E-state index in [0.29, 0.717) is 57.5 Å². The lowest BCUT2D eigenvalue weighted by Gasteiger charge is -2.59. The second-order valence-electron chi connectivity index (χ2n) is 21.6. The molecule has 4 aliphatic rings. The van der Waals surface area contributed by atoms with Crippen molar-refractivity contribution in [2.45, 2.75) is 124 Å². The topological polar surface area (TPSA) is 198 Å². The first-order chi connectivity index (χ1) is 33.4. The number of aryl methyl sites for hydroxylation is 1. The Morgan fingerprint density at radius 3 is 2.47 bits per heavy atom. The number of hydrogen-bond acceptors (Lipinski definition) is 11. The number of benzene rings is 2. The number of aromatic hydroxyl groups is 1. The zero-order valence-electron chi connectivity index (χ0n) is 42.3. The molecule has 1 aliphatic carbocycles. The number of methoxy groups -OCH3 is 1. The second-order valence-corrected chi connectivity index (χ2v) is 21.6. The summed E-state index contributed by atoms with van der Waals surface area (Å²) in [6.45, 7) is 17.9. The number of hydrazine groups is 1. The zero-order chi connectivity index (χ0) is 50.2. The Bertz CT molecular complexity index is 2610. The van der Waals surface area contributed by atoms with E-state index in [1.165, 1.54) is 0 Å². The maximum Gasteiger partial charge on any atom is 0.293 e. The van der Waals surface area contributed by atoms with Crippen LogP contribution < -0.4 is 16.1 Å². The van der Waals surface area contributed by atoms with Gasteiger partial charge in [0.1, 0.15) is 17.8 Å². The Balaban J connectivity index is 1.09. The molecular weight excluding hydrogens is 889 g/mol. The maximum atomic E-state index is 14.6. The molecule has 4 amide bonds. The number of pyridine rings is 1. The molecule has 1 saturated carbocycles. The normalized spacial score (nSPS) is 20.1. The predicted octanol–water partition coefficient (Wildman–Crippen LogP) is 5.78. The summed E-state index contributed by atoms with van der Waals surface area (Å²) in [5.74, 6) is -1.19. The summed E-state index contributed by atoms with van der Waals surface area (Å²) in [7, 11) is 3.35. The summed E-state index contributed by atoms with van der Waals surface area (Å²) in [4.78, 5) is 75.3. The minimum absolute atomic E-state index is 0.00870. The van der Waals surface area contributed by atoms with Crippen LogP contribution in [0, 0.1) is 22.7 Å². The Hall–Kier alpha value is -5.84. The van der Waals surface area contributed by atoms with E-state index in [2.05, 4.69) is 59.6 Å². The lowest BCUT2D eigenvalue weighted by atomic mass is 9.57. The van der Waals surface area contributed by atoms with Crippen molar-refractivity contribution in [1.82, 2.24) is 40.4 Å². The molecule has 0 radical (unpaired) electrons. The van der Waals surface area contributed by atoms with Crippen LogP contribution in [0.25, 0.3) is 33.3 Å². The highest BCUT2D eigenvalue weighted by Crippen LogP contribution is 2.53. The van der Waals surface area contributed by atoms with Gasteiger partial charge in [-0.1, -0.05) is 39.8 Å². The smallest absolute Gasteiger partial charge is 0.293 e. The summed E-state index contributed by atoms with van der Waals surface area (Å²) >= 11 is 0. The number of nitrogens with zero attached hydrogens (tertiary/aromatic N) is 5. The van der Waals surface area contributed by atoms with Crippen LogP contribution >= 0.6 is 0 Å². The number of phenols is 1.